The van der Waals surface area contributed by atoms with E-state index in [9.17, 15) is 9.59 Å². The van der Waals surface area contributed by atoms with Crippen LogP contribution >= 0.6 is 0 Å². The third-order valence-corrected chi connectivity index (χ3v) is 2.91. The lowest BCUT2D eigenvalue weighted by atomic mass is 10.0. The third kappa shape index (κ3) is 4.94. The van der Waals surface area contributed by atoms with E-state index in [0.717, 1.165) is 6.42 Å². The number of benzene rings is 1. The molecular formula is C15H20O2. The van der Waals surface area contributed by atoms with Gasteiger partial charge in [-0.25, -0.2) is 0 Å². The van der Waals surface area contributed by atoms with Gasteiger partial charge in [-0.15, -0.1) is 0 Å². The van der Waals surface area contributed by atoms with E-state index >= 15 is 0 Å². The average molecular weight is 232 g/mol. The number of Topliss-reactive ketones (excluding diaryl/α,β-unsaturated/α-hetero) is 1. The van der Waals surface area contributed by atoms with Gasteiger partial charge in [-0.05, 0) is 18.4 Å². The van der Waals surface area contributed by atoms with Crippen LogP contribution in [0.3, 0.4) is 0 Å². The fraction of sp³-hybridized carbons (Fsp3) is 0.467. The van der Waals surface area contributed by atoms with E-state index in [1.165, 1.54) is 37.7 Å². The lowest BCUT2D eigenvalue weighted by molar-refractivity contribution is -0.104. The third-order valence-electron chi connectivity index (χ3n) is 2.91. The van der Waals surface area contributed by atoms with E-state index < -0.39 is 5.78 Å². The number of hydrogen-bond donors (Lipinski definition) is 0. The lowest BCUT2D eigenvalue weighted by Gasteiger charge is -2.02. The Balaban J connectivity index is 2.35. The Kier molecular flexibility index (Phi) is 6.23. The molecule has 92 valence electrons. The molecule has 0 unspecified atom stereocenters. The minimum absolute atomic E-state index is 0.361. The number of unbranched alkanes of at least 4 members (excludes halogenated alkanes) is 4. The molecule has 0 aromatic heterocycles. The van der Waals surface area contributed by atoms with E-state index in [0.29, 0.717) is 11.8 Å². The molecule has 0 saturated heterocycles. The highest BCUT2D eigenvalue weighted by Crippen LogP contribution is 2.10. The predicted molar refractivity (Wildman–Crippen MR) is 69.3 cm³/mol. The van der Waals surface area contributed by atoms with Gasteiger partial charge in [0.25, 0.3) is 0 Å². The minimum atomic E-state index is -0.445. The Labute approximate surface area is 103 Å². The Bertz CT molecular complexity index is 352. The monoisotopic (exact) mass is 232 g/mol. The van der Waals surface area contributed by atoms with Crippen molar-refractivity contribution in [2.45, 2.75) is 45.4 Å². The van der Waals surface area contributed by atoms with Crippen LogP contribution in [0.2, 0.25) is 0 Å². The summed E-state index contributed by atoms with van der Waals surface area (Å²) in [6.07, 6.45) is 7.76. The number of hydrogen-bond acceptors (Lipinski definition) is 2. The second-order valence-electron chi connectivity index (χ2n) is 4.34. The summed E-state index contributed by atoms with van der Waals surface area (Å²) in [4.78, 5) is 21.4. The van der Waals surface area contributed by atoms with Crippen LogP contribution in [0.15, 0.2) is 24.3 Å². The summed E-state index contributed by atoms with van der Waals surface area (Å²) in [5.74, 6) is -0.445. The van der Waals surface area contributed by atoms with Gasteiger partial charge >= 0.3 is 0 Å². The van der Waals surface area contributed by atoms with E-state index in [2.05, 4.69) is 6.92 Å². The molecule has 0 amide bonds. The van der Waals surface area contributed by atoms with Crippen LogP contribution in [0.5, 0.6) is 0 Å². The smallest absolute Gasteiger partial charge is 0.225 e. The van der Waals surface area contributed by atoms with Gasteiger partial charge in [-0.1, -0.05) is 56.9 Å². The molecule has 0 heterocycles. The van der Waals surface area contributed by atoms with Crippen LogP contribution in [0, 0.1) is 0 Å². The van der Waals surface area contributed by atoms with Crippen LogP contribution in [0.1, 0.15) is 54.9 Å². The van der Waals surface area contributed by atoms with Crippen molar-refractivity contribution in [2.24, 2.45) is 0 Å². The fourth-order valence-corrected chi connectivity index (χ4v) is 1.84. The maximum absolute atomic E-state index is 11.1. The molecule has 1 aromatic rings. The van der Waals surface area contributed by atoms with Crippen LogP contribution in [-0.2, 0) is 11.2 Å². The van der Waals surface area contributed by atoms with Gasteiger partial charge in [-0.2, -0.15) is 0 Å². The van der Waals surface area contributed by atoms with E-state index in [1.54, 1.807) is 12.1 Å². The van der Waals surface area contributed by atoms with Gasteiger partial charge in [-0.3, -0.25) is 9.59 Å². The molecule has 0 radical (unpaired) electrons. The normalized spacial score (nSPS) is 10.2. The van der Waals surface area contributed by atoms with Gasteiger partial charge < -0.3 is 0 Å². The molecule has 0 aliphatic heterocycles. The summed E-state index contributed by atoms with van der Waals surface area (Å²) in [7, 11) is 0. The molecule has 0 saturated carbocycles. The van der Waals surface area contributed by atoms with Crippen molar-refractivity contribution in [3.05, 3.63) is 35.4 Å². The van der Waals surface area contributed by atoms with Gasteiger partial charge in [0.05, 0.1) is 0 Å². The first-order valence-corrected chi connectivity index (χ1v) is 6.36. The number of ketones is 1. The quantitative estimate of drug-likeness (QED) is 0.297. The summed E-state index contributed by atoms with van der Waals surface area (Å²) < 4.78 is 0. The molecule has 2 nitrogen and oxygen atoms in total. The summed E-state index contributed by atoms with van der Waals surface area (Å²) in [6.45, 7) is 2.21. The van der Waals surface area contributed by atoms with Crippen LogP contribution in [0.4, 0.5) is 0 Å². The van der Waals surface area contributed by atoms with Gasteiger partial charge in [0.2, 0.25) is 5.78 Å². The maximum Gasteiger partial charge on any atom is 0.225 e. The Morgan fingerprint density at radius 3 is 2.29 bits per heavy atom. The number of aldehydes is 1. The molecule has 1 rings (SSSR count). The Hall–Kier alpha value is -1.44. The molecule has 0 N–H and O–H groups in total. The van der Waals surface area contributed by atoms with Crippen molar-refractivity contribution < 1.29 is 9.59 Å². The molecule has 2 heteroatoms. The summed E-state index contributed by atoms with van der Waals surface area (Å²) in [5, 5.41) is 0. The molecule has 0 aliphatic carbocycles. The van der Waals surface area contributed by atoms with Gasteiger partial charge in [0.15, 0.2) is 6.29 Å². The molecule has 0 aliphatic rings. The molecule has 0 bridgehead atoms. The first-order valence-electron chi connectivity index (χ1n) is 6.36. The van der Waals surface area contributed by atoms with E-state index in [-0.39, 0.29) is 0 Å². The second kappa shape index (κ2) is 7.77. The Morgan fingerprint density at radius 2 is 1.71 bits per heavy atom. The van der Waals surface area contributed by atoms with Gasteiger partial charge in [0.1, 0.15) is 0 Å². The second-order valence-corrected chi connectivity index (χ2v) is 4.34. The van der Waals surface area contributed by atoms with Crippen molar-refractivity contribution >= 4 is 12.1 Å². The molecular weight excluding hydrogens is 212 g/mol. The number of aryl methyl sites for hydroxylation is 1. The highest BCUT2D eigenvalue weighted by Gasteiger charge is 2.02. The molecule has 0 fully saturated rings. The van der Waals surface area contributed by atoms with Crippen molar-refractivity contribution in [3.8, 4) is 0 Å². The zero-order chi connectivity index (χ0) is 12.5. The highest BCUT2D eigenvalue weighted by molar-refractivity contribution is 6.33. The van der Waals surface area contributed by atoms with E-state index in [1.807, 2.05) is 12.1 Å². The number of carbonyl (C=O) groups is 2. The predicted octanol–water partition coefficient (Wildman–Crippen LogP) is 3.58. The van der Waals surface area contributed by atoms with Crippen LogP contribution in [0.25, 0.3) is 0 Å². The zero-order valence-electron chi connectivity index (χ0n) is 10.4. The van der Waals surface area contributed by atoms with Crippen molar-refractivity contribution in [3.63, 3.8) is 0 Å². The van der Waals surface area contributed by atoms with Crippen LogP contribution < -0.4 is 0 Å². The van der Waals surface area contributed by atoms with Crippen molar-refractivity contribution in [2.75, 3.05) is 0 Å². The zero-order valence-corrected chi connectivity index (χ0v) is 10.4. The topological polar surface area (TPSA) is 34.1 Å². The first kappa shape index (κ1) is 13.6. The molecule has 1 aromatic carbocycles. The maximum atomic E-state index is 11.1. The summed E-state index contributed by atoms with van der Waals surface area (Å²) >= 11 is 0. The highest BCUT2D eigenvalue weighted by atomic mass is 16.2. The first-order chi connectivity index (χ1) is 8.27. The summed E-state index contributed by atoms with van der Waals surface area (Å²) in [5.41, 5.74) is 1.72. The summed E-state index contributed by atoms with van der Waals surface area (Å²) in [6, 6.07) is 7.35. The van der Waals surface area contributed by atoms with Crippen molar-refractivity contribution in [1.82, 2.24) is 0 Å². The Morgan fingerprint density at radius 1 is 1.06 bits per heavy atom. The van der Waals surface area contributed by atoms with E-state index in [4.69, 9.17) is 0 Å². The van der Waals surface area contributed by atoms with Crippen molar-refractivity contribution in [1.29, 1.82) is 0 Å². The fourth-order valence-electron chi connectivity index (χ4n) is 1.84. The standard InChI is InChI=1S/C15H20O2/c1-2-3-4-5-6-7-13-8-10-14(11-9-13)15(17)12-16/h8-12H,2-7H2,1H3. The molecule has 0 spiro atoms. The largest absolute Gasteiger partial charge is 0.294 e. The SMILES string of the molecule is CCCCCCCc1ccc(C(=O)C=O)cc1. The molecule has 17 heavy (non-hydrogen) atoms. The minimum Gasteiger partial charge on any atom is -0.294 e. The number of carbonyl (C=O) groups excluding carboxylic acids is 2. The lowest BCUT2D eigenvalue weighted by Crippen LogP contribution is -1.99. The number of rotatable bonds is 8. The van der Waals surface area contributed by atoms with Gasteiger partial charge in [0, 0.05) is 5.56 Å². The average Bonchev–Trinajstić information content (AvgIpc) is 2.38. The van der Waals surface area contributed by atoms with Crippen LogP contribution in [-0.4, -0.2) is 12.1 Å². The molecule has 0 atom stereocenters.